The molecule has 0 unspecified atom stereocenters. The molecule has 0 spiro atoms. The summed E-state index contributed by atoms with van der Waals surface area (Å²) in [5.74, 6) is 0. The number of carbonyl (C=O) groups is 1. The van der Waals surface area contributed by atoms with Gasteiger partial charge >= 0.3 is 6.16 Å². The number of ether oxygens (including phenoxy) is 2. The van der Waals surface area contributed by atoms with Crippen LogP contribution in [0.3, 0.4) is 0 Å². The van der Waals surface area contributed by atoms with Crippen LogP contribution in [-0.2, 0) is 20.3 Å². The first-order valence-corrected chi connectivity index (χ1v) is 7.16. The number of hydrogen-bond donors (Lipinski definition) is 0. The first kappa shape index (κ1) is 19.5. The van der Waals surface area contributed by atoms with Crippen LogP contribution >= 0.6 is 0 Å². The fourth-order valence-electron chi connectivity index (χ4n) is 1.73. The number of hydrogen-bond acceptors (Lipinski definition) is 3. The van der Waals surface area contributed by atoms with Gasteiger partial charge < -0.3 is 9.47 Å². The van der Waals surface area contributed by atoms with Gasteiger partial charge in [0.25, 0.3) is 0 Å². The minimum absolute atomic E-state index is 0.242. The maximum atomic E-state index is 9.74. The maximum absolute atomic E-state index is 9.74. The van der Waals surface area contributed by atoms with Gasteiger partial charge in [0.05, 0.1) is 14.2 Å². The summed E-state index contributed by atoms with van der Waals surface area (Å²) < 4.78 is 8.08. The second-order valence-corrected chi connectivity index (χ2v) is 7.25. The van der Waals surface area contributed by atoms with Gasteiger partial charge in [-0.25, -0.2) is 4.79 Å². The van der Waals surface area contributed by atoms with E-state index in [4.69, 9.17) is 0 Å². The van der Waals surface area contributed by atoms with Gasteiger partial charge in [0.1, 0.15) is 0 Å². The van der Waals surface area contributed by atoms with Crippen LogP contribution in [0, 0.1) is 6.92 Å². The van der Waals surface area contributed by atoms with Gasteiger partial charge in [-0.1, -0.05) is 65.3 Å². The van der Waals surface area contributed by atoms with Crippen LogP contribution in [-0.4, -0.2) is 20.4 Å². The largest absolute Gasteiger partial charge is 0.507 e. The van der Waals surface area contributed by atoms with E-state index in [1.165, 1.54) is 30.9 Å². The monoisotopic (exact) mass is 294 g/mol. The van der Waals surface area contributed by atoms with Gasteiger partial charge in [-0.05, 0) is 28.9 Å². The van der Waals surface area contributed by atoms with Gasteiger partial charge in [-0.2, -0.15) is 0 Å². The molecule has 21 heavy (non-hydrogen) atoms. The minimum atomic E-state index is -0.657. The van der Waals surface area contributed by atoms with Crippen molar-refractivity contribution in [2.75, 3.05) is 14.2 Å². The Balaban J connectivity index is 0.000000567. The molecule has 0 heterocycles. The molecule has 0 N–H and O–H groups in total. The molecule has 0 saturated heterocycles. The van der Waals surface area contributed by atoms with Crippen molar-refractivity contribution in [3.05, 3.63) is 34.9 Å². The van der Waals surface area contributed by atoms with Crippen molar-refractivity contribution in [2.45, 2.75) is 59.3 Å². The second-order valence-electron chi connectivity index (χ2n) is 7.25. The average molecular weight is 294 g/mol. The third kappa shape index (κ3) is 7.16. The molecule has 0 atom stereocenters. The summed E-state index contributed by atoms with van der Waals surface area (Å²) in [6.45, 7) is 15.8. The highest BCUT2D eigenvalue weighted by molar-refractivity contribution is 5.59. The third-order valence-corrected chi connectivity index (χ3v) is 3.14. The molecule has 1 aromatic carbocycles. The fraction of sp³-hybridized carbons (Fsp3) is 0.611. The van der Waals surface area contributed by atoms with E-state index in [1.54, 1.807) is 0 Å². The highest BCUT2D eigenvalue weighted by Crippen LogP contribution is 2.29. The summed E-state index contributed by atoms with van der Waals surface area (Å²) >= 11 is 0. The first-order chi connectivity index (χ1) is 9.41. The molecule has 0 saturated carbocycles. The lowest BCUT2D eigenvalue weighted by molar-refractivity contribution is 0.0924. The lowest BCUT2D eigenvalue weighted by Crippen LogP contribution is -2.16. The van der Waals surface area contributed by atoms with Crippen molar-refractivity contribution in [3.63, 3.8) is 0 Å². The summed E-state index contributed by atoms with van der Waals surface area (Å²) in [4.78, 5) is 9.74. The van der Waals surface area contributed by atoms with E-state index in [1.807, 2.05) is 0 Å². The zero-order valence-corrected chi connectivity index (χ0v) is 15.0. The van der Waals surface area contributed by atoms with E-state index in [-0.39, 0.29) is 10.8 Å². The summed E-state index contributed by atoms with van der Waals surface area (Å²) in [5, 5.41) is 0. The lowest BCUT2D eigenvalue weighted by atomic mass is 9.80. The van der Waals surface area contributed by atoms with Gasteiger partial charge in [0.2, 0.25) is 0 Å². The van der Waals surface area contributed by atoms with Crippen LogP contribution in [0.1, 0.15) is 58.2 Å². The molecule has 0 aromatic heterocycles. The maximum Gasteiger partial charge on any atom is 0.507 e. The van der Waals surface area contributed by atoms with Crippen LogP contribution in [0.15, 0.2) is 18.2 Å². The molecule has 3 nitrogen and oxygen atoms in total. The molecule has 0 aliphatic carbocycles. The molecular formula is C18H30O3. The fourth-order valence-corrected chi connectivity index (χ4v) is 1.73. The summed E-state index contributed by atoms with van der Waals surface area (Å²) in [6, 6.07) is 6.96. The molecule has 1 aromatic rings. The number of carbonyl (C=O) groups excluding carboxylic acids is 1. The number of benzene rings is 1. The number of rotatable bonds is 0. The van der Waals surface area contributed by atoms with Crippen molar-refractivity contribution in [1.29, 1.82) is 0 Å². The minimum Gasteiger partial charge on any atom is -0.438 e. The number of aryl methyl sites for hydroxylation is 1. The predicted octanol–water partition coefficient (Wildman–Crippen LogP) is 4.99. The van der Waals surface area contributed by atoms with Crippen LogP contribution in [0.5, 0.6) is 0 Å². The Kier molecular flexibility index (Phi) is 6.95. The summed E-state index contributed by atoms with van der Waals surface area (Å²) in [5.41, 5.74) is 4.73. The Morgan fingerprint density at radius 2 is 1.14 bits per heavy atom. The normalized spacial score (nSPS) is 11.3. The average Bonchev–Trinajstić information content (AvgIpc) is 2.35. The predicted molar refractivity (Wildman–Crippen MR) is 88.0 cm³/mol. The molecule has 0 aliphatic rings. The highest BCUT2D eigenvalue weighted by Gasteiger charge is 2.19. The van der Waals surface area contributed by atoms with Crippen LogP contribution in [0.25, 0.3) is 0 Å². The molecule has 3 heteroatoms. The third-order valence-electron chi connectivity index (χ3n) is 3.14. The Morgan fingerprint density at radius 3 is 1.33 bits per heavy atom. The van der Waals surface area contributed by atoms with E-state index < -0.39 is 6.16 Å². The van der Waals surface area contributed by atoms with Crippen molar-refractivity contribution in [1.82, 2.24) is 0 Å². The van der Waals surface area contributed by atoms with E-state index in [0.717, 1.165) is 0 Å². The van der Waals surface area contributed by atoms with E-state index in [2.05, 4.69) is 76.1 Å². The van der Waals surface area contributed by atoms with Crippen molar-refractivity contribution < 1.29 is 14.3 Å². The quantitative estimate of drug-likeness (QED) is 0.632. The first-order valence-electron chi connectivity index (χ1n) is 7.16. The van der Waals surface area contributed by atoms with Gasteiger partial charge in [-0.15, -0.1) is 0 Å². The molecule has 0 radical (unpaired) electrons. The highest BCUT2D eigenvalue weighted by atomic mass is 16.7. The van der Waals surface area contributed by atoms with Crippen LogP contribution < -0.4 is 0 Å². The van der Waals surface area contributed by atoms with Gasteiger partial charge in [-0.3, -0.25) is 0 Å². The zero-order chi connectivity index (χ0) is 16.8. The Bertz CT molecular complexity index is 424. The molecule has 0 bridgehead atoms. The standard InChI is InChI=1S/C15H24.C3H6O3/c1-11-8-12(14(2,3)4)10-13(9-11)15(5,6)7;1-5-3(4)6-2/h8-10H,1-7H3;1-2H3. The Morgan fingerprint density at radius 1 is 0.810 bits per heavy atom. The molecule has 0 aliphatic heterocycles. The van der Waals surface area contributed by atoms with Gasteiger partial charge in [0, 0.05) is 0 Å². The molecule has 0 fully saturated rings. The second kappa shape index (κ2) is 7.48. The molecule has 0 amide bonds. The number of methoxy groups -OCH3 is 2. The molecule has 120 valence electrons. The SMILES string of the molecule is COC(=O)OC.Cc1cc(C(C)(C)C)cc(C(C)(C)C)c1. The summed E-state index contributed by atoms with van der Waals surface area (Å²) in [6.07, 6.45) is -0.657. The Hall–Kier alpha value is -1.51. The lowest BCUT2D eigenvalue weighted by Gasteiger charge is -2.25. The van der Waals surface area contributed by atoms with Crippen molar-refractivity contribution in [2.24, 2.45) is 0 Å². The molecular weight excluding hydrogens is 264 g/mol. The van der Waals surface area contributed by atoms with E-state index >= 15 is 0 Å². The molecule has 1 rings (SSSR count). The van der Waals surface area contributed by atoms with Crippen LogP contribution in [0.4, 0.5) is 4.79 Å². The topological polar surface area (TPSA) is 35.5 Å². The smallest absolute Gasteiger partial charge is 0.438 e. The van der Waals surface area contributed by atoms with Crippen LogP contribution in [0.2, 0.25) is 0 Å². The van der Waals surface area contributed by atoms with E-state index in [0.29, 0.717) is 0 Å². The van der Waals surface area contributed by atoms with Gasteiger partial charge in [0.15, 0.2) is 0 Å². The summed E-state index contributed by atoms with van der Waals surface area (Å²) in [7, 11) is 2.51. The Labute approximate surface area is 129 Å². The van der Waals surface area contributed by atoms with Crippen molar-refractivity contribution >= 4 is 6.16 Å². The van der Waals surface area contributed by atoms with Crippen molar-refractivity contribution in [3.8, 4) is 0 Å². The zero-order valence-electron chi connectivity index (χ0n) is 15.0. The van der Waals surface area contributed by atoms with E-state index in [9.17, 15) is 4.79 Å².